The van der Waals surface area contributed by atoms with Crippen LogP contribution in [0.5, 0.6) is 11.5 Å². The second-order valence-corrected chi connectivity index (χ2v) is 6.78. The van der Waals surface area contributed by atoms with Crippen molar-refractivity contribution in [3.63, 3.8) is 0 Å². The van der Waals surface area contributed by atoms with E-state index in [0.29, 0.717) is 23.7 Å². The van der Waals surface area contributed by atoms with Crippen LogP contribution in [0.2, 0.25) is 5.02 Å². The summed E-state index contributed by atoms with van der Waals surface area (Å²) in [7, 11) is 1.54. The third-order valence-electron chi connectivity index (χ3n) is 4.26. The fraction of sp³-hybridized carbons (Fsp3) is 0.238. The average Bonchev–Trinajstić information content (AvgIpc) is 3.08. The van der Waals surface area contributed by atoms with Crippen LogP contribution < -0.4 is 9.47 Å². The number of nitrogens with zero attached hydrogens (tertiary/aromatic N) is 2. The molecule has 0 bridgehead atoms. The van der Waals surface area contributed by atoms with Crippen molar-refractivity contribution in [3.8, 4) is 11.5 Å². The van der Waals surface area contributed by atoms with Gasteiger partial charge >= 0.3 is 5.97 Å². The zero-order valence-electron chi connectivity index (χ0n) is 16.4. The lowest BCUT2D eigenvalue weighted by molar-refractivity contribution is -0.384. The third-order valence-corrected chi connectivity index (χ3v) is 4.57. The van der Waals surface area contributed by atoms with Gasteiger partial charge in [-0.05, 0) is 36.3 Å². The normalized spacial score (nSPS) is 14.4. The van der Waals surface area contributed by atoms with Gasteiger partial charge in [0.15, 0.2) is 17.2 Å². The van der Waals surface area contributed by atoms with Gasteiger partial charge < -0.3 is 14.2 Å². The zero-order valence-corrected chi connectivity index (χ0v) is 17.1. The molecule has 1 aliphatic rings. The Morgan fingerprint density at radius 2 is 2.03 bits per heavy atom. The van der Waals surface area contributed by atoms with Crippen molar-refractivity contribution >= 4 is 35.2 Å². The quantitative estimate of drug-likeness (QED) is 0.196. The number of benzene rings is 2. The molecule has 0 spiro atoms. The molecule has 2 aromatic rings. The van der Waals surface area contributed by atoms with Crippen molar-refractivity contribution in [2.24, 2.45) is 4.99 Å². The number of methoxy groups -OCH3 is 1. The maximum Gasteiger partial charge on any atom is 0.363 e. The van der Waals surface area contributed by atoms with Gasteiger partial charge in [-0.3, -0.25) is 10.1 Å². The summed E-state index contributed by atoms with van der Waals surface area (Å²) in [5, 5.41) is 10.9. The Balaban J connectivity index is 1.86. The molecular weight excluding hydrogens is 412 g/mol. The molecule has 8 nitrogen and oxygen atoms in total. The van der Waals surface area contributed by atoms with Gasteiger partial charge in [0.05, 0.1) is 29.2 Å². The van der Waals surface area contributed by atoms with Crippen LogP contribution >= 0.6 is 11.6 Å². The second kappa shape index (κ2) is 9.41. The van der Waals surface area contributed by atoms with Gasteiger partial charge in [-0.25, -0.2) is 9.79 Å². The number of nitro groups is 1. The summed E-state index contributed by atoms with van der Waals surface area (Å²) in [6.45, 7) is 2.67. The zero-order chi connectivity index (χ0) is 21.7. The molecular formula is C21H19ClN2O6. The Morgan fingerprint density at radius 1 is 1.23 bits per heavy atom. The first-order valence-corrected chi connectivity index (χ1v) is 9.58. The Morgan fingerprint density at radius 3 is 2.70 bits per heavy atom. The standard InChI is InChI=1S/C21H19ClN2O6/c1-3-4-9-29-18-8-5-13(11-19(18)28-2)10-17-21(25)30-20(23-17)15-7-6-14(24(26)27)12-16(15)22/h5-8,10-12H,3-4,9H2,1-2H3/b17-10-. The van der Waals surface area contributed by atoms with Crippen LogP contribution in [0.15, 0.2) is 47.1 Å². The van der Waals surface area contributed by atoms with E-state index in [1.807, 2.05) is 0 Å². The van der Waals surface area contributed by atoms with Crippen LogP contribution in [0, 0.1) is 10.1 Å². The van der Waals surface area contributed by atoms with Crippen molar-refractivity contribution in [2.75, 3.05) is 13.7 Å². The molecule has 0 amide bonds. The predicted molar refractivity (Wildman–Crippen MR) is 112 cm³/mol. The molecule has 0 fully saturated rings. The highest BCUT2D eigenvalue weighted by Crippen LogP contribution is 2.31. The lowest BCUT2D eigenvalue weighted by atomic mass is 10.1. The average molecular weight is 431 g/mol. The summed E-state index contributed by atoms with van der Waals surface area (Å²) in [5.41, 5.74) is 0.858. The van der Waals surface area contributed by atoms with Crippen LogP contribution in [0.4, 0.5) is 5.69 Å². The van der Waals surface area contributed by atoms with Gasteiger partial charge in [-0.1, -0.05) is 31.0 Å². The molecule has 0 saturated heterocycles. The molecule has 0 aromatic heterocycles. The third kappa shape index (κ3) is 4.77. The smallest absolute Gasteiger partial charge is 0.363 e. The Labute approximate surface area is 177 Å². The minimum absolute atomic E-state index is 0.0161. The maximum atomic E-state index is 12.2. The predicted octanol–water partition coefficient (Wildman–Crippen LogP) is 4.78. The maximum absolute atomic E-state index is 12.2. The van der Waals surface area contributed by atoms with Crippen LogP contribution in [0.3, 0.4) is 0 Å². The highest BCUT2D eigenvalue weighted by atomic mass is 35.5. The molecule has 0 unspecified atom stereocenters. The van der Waals surface area contributed by atoms with E-state index >= 15 is 0 Å². The van der Waals surface area contributed by atoms with Crippen molar-refractivity contribution in [1.29, 1.82) is 0 Å². The minimum atomic E-state index is -0.651. The van der Waals surface area contributed by atoms with Gasteiger partial charge in [0.2, 0.25) is 5.90 Å². The number of halogens is 1. The Hall–Kier alpha value is -3.39. The van der Waals surface area contributed by atoms with E-state index in [9.17, 15) is 14.9 Å². The largest absolute Gasteiger partial charge is 0.493 e. The van der Waals surface area contributed by atoms with E-state index in [1.54, 1.807) is 24.3 Å². The van der Waals surface area contributed by atoms with Gasteiger partial charge in [0.25, 0.3) is 5.69 Å². The number of hydrogen-bond acceptors (Lipinski definition) is 7. The molecule has 2 aromatic carbocycles. The van der Waals surface area contributed by atoms with E-state index in [2.05, 4.69) is 11.9 Å². The summed E-state index contributed by atoms with van der Waals surface area (Å²) in [5.74, 6) is 0.484. The van der Waals surface area contributed by atoms with E-state index in [1.165, 1.54) is 25.3 Å². The number of nitro benzene ring substituents is 1. The van der Waals surface area contributed by atoms with E-state index in [-0.39, 0.29) is 27.9 Å². The number of cyclic esters (lactones) is 1. The fourth-order valence-corrected chi connectivity index (χ4v) is 2.95. The highest BCUT2D eigenvalue weighted by Gasteiger charge is 2.26. The number of carbonyl (C=O) groups excluding carboxylic acids is 1. The van der Waals surface area contributed by atoms with Crippen molar-refractivity contribution in [2.45, 2.75) is 19.8 Å². The molecule has 0 atom stereocenters. The molecule has 156 valence electrons. The van der Waals surface area contributed by atoms with Crippen LogP contribution in [-0.2, 0) is 9.53 Å². The van der Waals surface area contributed by atoms with E-state index < -0.39 is 10.9 Å². The SMILES string of the molecule is CCCCOc1ccc(/C=C2\N=C(c3ccc([N+](=O)[O-])cc3Cl)OC2=O)cc1OC. The molecule has 0 saturated carbocycles. The summed E-state index contributed by atoms with van der Waals surface area (Å²) < 4.78 is 16.3. The van der Waals surface area contributed by atoms with Crippen LogP contribution in [0.25, 0.3) is 6.08 Å². The monoisotopic (exact) mass is 430 g/mol. The molecule has 0 radical (unpaired) electrons. The second-order valence-electron chi connectivity index (χ2n) is 6.37. The van der Waals surface area contributed by atoms with Crippen molar-refractivity contribution in [3.05, 3.63) is 68.4 Å². The van der Waals surface area contributed by atoms with E-state index in [0.717, 1.165) is 12.8 Å². The number of carbonyl (C=O) groups is 1. The summed E-state index contributed by atoms with van der Waals surface area (Å²) in [6.07, 6.45) is 3.50. The number of rotatable bonds is 8. The van der Waals surface area contributed by atoms with Crippen LogP contribution in [0.1, 0.15) is 30.9 Å². The minimum Gasteiger partial charge on any atom is -0.493 e. The van der Waals surface area contributed by atoms with Gasteiger partial charge in [-0.15, -0.1) is 0 Å². The topological polar surface area (TPSA) is 100 Å². The van der Waals surface area contributed by atoms with Crippen molar-refractivity contribution in [1.82, 2.24) is 0 Å². The molecule has 1 aliphatic heterocycles. The Kier molecular flexibility index (Phi) is 6.68. The number of unbranched alkanes of at least 4 members (excludes halogenated alkanes) is 1. The molecule has 0 aliphatic carbocycles. The molecule has 0 N–H and O–H groups in total. The first-order chi connectivity index (χ1) is 14.4. The number of hydrogen-bond donors (Lipinski definition) is 0. The Bertz CT molecular complexity index is 1050. The molecule has 3 rings (SSSR count). The molecule has 1 heterocycles. The number of aliphatic imine (C=N–C) groups is 1. The number of ether oxygens (including phenoxy) is 3. The first kappa shape index (κ1) is 21.3. The van der Waals surface area contributed by atoms with Gasteiger partial charge in [0, 0.05) is 12.1 Å². The lowest BCUT2D eigenvalue weighted by Crippen LogP contribution is -2.06. The molecule has 9 heteroatoms. The highest BCUT2D eigenvalue weighted by molar-refractivity contribution is 6.34. The molecule has 30 heavy (non-hydrogen) atoms. The van der Waals surface area contributed by atoms with E-state index in [4.69, 9.17) is 25.8 Å². The fourth-order valence-electron chi connectivity index (χ4n) is 2.69. The van der Waals surface area contributed by atoms with Gasteiger partial charge in [-0.2, -0.15) is 0 Å². The number of esters is 1. The summed E-state index contributed by atoms with van der Waals surface area (Å²) >= 11 is 6.09. The van der Waals surface area contributed by atoms with Crippen molar-refractivity contribution < 1.29 is 23.9 Å². The summed E-state index contributed by atoms with van der Waals surface area (Å²) in [4.78, 5) is 26.7. The van der Waals surface area contributed by atoms with Gasteiger partial charge in [0.1, 0.15) is 0 Å². The summed E-state index contributed by atoms with van der Waals surface area (Å²) in [6, 6.07) is 9.10. The first-order valence-electron chi connectivity index (χ1n) is 9.20. The van der Waals surface area contributed by atoms with Crippen LogP contribution in [-0.4, -0.2) is 30.5 Å². The number of non-ortho nitro benzene ring substituents is 1. The lowest BCUT2D eigenvalue weighted by Gasteiger charge is -2.10.